The molecule has 0 aliphatic carbocycles. The van der Waals surface area contributed by atoms with Crippen LogP contribution >= 0.6 is 0 Å². The molecule has 2 fully saturated rings. The molecular formula is C16H22N2O. The predicted octanol–water partition coefficient (Wildman–Crippen LogP) is 2.45. The lowest BCUT2D eigenvalue weighted by Crippen LogP contribution is -2.38. The molecule has 19 heavy (non-hydrogen) atoms. The summed E-state index contributed by atoms with van der Waals surface area (Å²) in [6, 6.07) is 11.0. The molecule has 3 rings (SSSR count). The van der Waals surface area contributed by atoms with E-state index in [-0.39, 0.29) is 0 Å². The molecule has 1 unspecified atom stereocenters. The van der Waals surface area contributed by atoms with Crippen molar-refractivity contribution in [3.63, 3.8) is 0 Å². The molecule has 0 radical (unpaired) electrons. The molecule has 1 aromatic carbocycles. The van der Waals surface area contributed by atoms with Crippen LogP contribution in [0.1, 0.15) is 37.3 Å². The summed E-state index contributed by atoms with van der Waals surface area (Å²) >= 11 is 0. The highest BCUT2D eigenvalue weighted by Crippen LogP contribution is 2.31. The standard InChI is InChI=1S/C16H22N2O/c19-16(17-10-4-5-11-17)13-18-12-6-9-15(18)14-7-2-1-3-8-14/h1-3,7-8,15H,4-6,9-13H2. The van der Waals surface area contributed by atoms with Crippen LogP contribution in [0.25, 0.3) is 0 Å². The van der Waals surface area contributed by atoms with E-state index in [1.165, 1.54) is 31.2 Å². The van der Waals surface area contributed by atoms with Gasteiger partial charge >= 0.3 is 0 Å². The van der Waals surface area contributed by atoms with Crippen LogP contribution in [-0.4, -0.2) is 41.9 Å². The second-order valence-electron chi connectivity index (χ2n) is 5.63. The van der Waals surface area contributed by atoms with E-state index < -0.39 is 0 Å². The summed E-state index contributed by atoms with van der Waals surface area (Å²) in [7, 11) is 0. The van der Waals surface area contributed by atoms with Gasteiger partial charge in [0, 0.05) is 19.1 Å². The van der Waals surface area contributed by atoms with E-state index in [1.54, 1.807) is 0 Å². The Bertz CT molecular complexity index is 426. The van der Waals surface area contributed by atoms with Gasteiger partial charge in [0.05, 0.1) is 6.54 Å². The fraction of sp³-hybridized carbons (Fsp3) is 0.562. The van der Waals surface area contributed by atoms with Crippen molar-refractivity contribution in [1.29, 1.82) is 0 Å². The fourth-order valence-corrected chi connectivity index (χ4v) is 3.31. The lowest BCUT2D eigenvalue weighted by molar-refractivity contribution is -0.131. The highest BCUT2D eigenvalue weighted by molar-refractivity contribution is 5.78. The number of hydrogen-bond donors (Lipinski definition) is 0. The highest BCUT2D eigenvalue weighted by Gasteiger charge is 2.29. The average molecular weight is 258 g/mol. The first-order chi connectivity index (χ1) is 9.34. The van der Waals surface area contributed by atoms with Crippen LogP contribution in [0.3, 0.4) is 0 Å². The fourth-order valence-electron chi connectivity index (χ4n) is 3.31. The van der Waals surface area contributed by atoms with Gasteiger partial charge in [-0.05, 0) is 37.8 Å². The molecule has 1 atom stereocenters. The minimum atomic E-state index is 0.320. The zero-order valence-electron chi connectivity index (χ0n) is 11.4. The molecule has 3 heteroatoms. The van der Waals surface area contributed by atoms with Gasteiger partial charge in [-0.25, -0.2) is 0 Å². The first-order valence-electron chi connectivity index (χ1n) is 7.41. The van der Waals surface area contributed by atoms with E-state index in [4.69, 9.17) is 0 Å². The molecule has 2 aliphatic heterocycles. The summed E-state index contributed by atoms with van der Waals surface area (Å²) in [5.74, 6) is 0.320. The van der Waals surface area contributed by atoms with Gasteiger partial charge in [-0.2, -0.15) is 0 Å². The zero-order valence-corrected chi connectivity index (χ0v) is 11.4. The number of rotatable bonds is 3. The topological polar surface area (TPSA) is 23.6 Å². The van der Waals surface area contributed by atoms with Crippen molar-refractivity contribution in [2.45, 2.75) is 31.7 Å². The second kappa shape index (κ2) is 5.74. The Morgan fingerprint density at radius 2 is 1.79 bits per heavy atom. The molecule has 1 aromatic rings. The molecule has 2 saturated heterocycles. The van der Waals surface area contributed by atoms with Crippen LogP contribution < -0.4 is 0 Å². The van der Waals surface area contributed by atoms with Gasteiger partial charge in [0.15, 0.2) is 0 Å². The zero-order chi connectivity index (χ0) is 13.1. The SMILES string of the molecule is O=C(CN1CCCC1c1ccccc1)N1CCCC1. The van der Waals surface area contributed by atoms with Crippen LogP contribution in [0.5, 0.6) is 0 Å². The largest absolute Gasteiger partial charge is 0.342 e. The Labute approximate surface area is 115 Å². The van der Waals surface area contributed by atoms with Gasteiger partial charge in [-0.1, -0.05) is 30.3 Å². The average Bonchev–Trinajstić information content (AvgIpc) is 3.11. The summed E-state index contributed by atoms with van der Waals surface area (Å²) in [5.41, 5.74) is 1.36. The van der Waals surface area contributed by atoms with E-state index in [0.29, 0.717) is 18.5 Å². The molecule has 0 spiro atoms. The first-order valence-corrected chi connectivity index (χ1v) is 7.41. The van der Waals surface area contributed by atoms with Crippen LogP contribution in [0.2, 0.25) is 0 Å². The Morgan fingerprint density at radius 3 is 2.53 bits per heavy atom. The number of carbonyl (C=O) groups excluding carboxylic acids is 1. The molecule has 0 aromatic heterocycles. The van der Waals surface area contributed by atoms with Crippen molar-refractivity contribution < 1.29 is 4.79 Å². The van der Waals surface area contributed by atoms with E-state index in [1.807, 2.05) is 4.90 Å². The van der Waals surface area contributed by atoms with Crippen molar-refractivity contribution >= 4 is 5.91 Å². The third kappa shape index (κ3) is 2.81. The lowest BCUT2D eigenvalue weighted by Gasteiger charge is -2.26. The number of nitrogens with zero attached hydrogens (tertiary/aromatic N) is 2. The normalized spacial score (nSPS) is 24.0. The van der Waals surface area contributed by atoms with Gasteiger partial charge in [0.25, 0.3) is 0 Å². The minimum absolute atomic E-state index is 0.320. The summed E-state index contributed by atoms with van der Waals surface area (Å²) in [4.78, 5) is 16.6. The summed E-state index contributed by atoms with van der Waals surface area (Å²) < 4.78 is 0. The molecule has 0 bridgehead atoms. The van der Waals surface area contributed by atoms with E-state index in [0.717, 1.165) is 19.6 Å². The molecule has 0 N–H and O–H groups in total. The molecular weight excluding hydrogens is 236 g/mol. The molecule has 102 valence electrons. The van der Waals surface area contributed by atoms with Crippen LogP contribution in [0, 0.1) is 0 Å². The van der Waals surface area contributed by atoms with E-state index >= 15 is 0 Å². The summed E-state index contributed by atoms with van der Waals surface area (Å²) in [6.07, 6.45) is 4.73. The Kier molecular flexibility index (Phi) is 3.83. The van der Waals surface area contributed by atoms with Gasteiger partial charge in [0.2, 0.25) is 5.91 Å². The second-order valence-corrected chi connectivity index (χ2v) is 5.63. The molecule has 1 amide bonds. The highest BCUT2D eigenvalue weighted by atomic mass is 16.2. The number of likely N-dealkylation sites (tertiary alicyclic amines) is 2. The molecule has 2 heterocycles. The Balaban J connectivity index is 1.65. The van der Waals surface area contributed by atoms with Gasteiger partial charge in [-0.3, -0.25) is 9.69 Å². The lowest BCUT2D eigenvalue weighted by atomic mass is 10.0. The summed E-state index contributed by atoms with van der Waals surface area (Å²) in [5, 5.41) is 0. The van der Waals surface area contributed by atoms with E-state index in [9.17, 15) is 4.79 Å². The smallest absolute Gasteiger partial charge is 0.236 e. The maximum absolute atomic E-state index is 12.3. The third-order valence-electron chi connectivity index (χ3n) is 4.35. The summed E-state index contributed by atoms with van der Waals surface area (Å²) in [6.45, 7) is 3.57. The van der Waals surface area contributed by atoms with Gasteiger partial charge < -0.3 is 4.90 Å². The van der Waals surface area contributed by atoms with Crippen molar-refractivity contribution in [3.05, 3.63) is 35.9 Å². The number of hydrogen-bond acceptors (Lipinski definition) is 2. The van der Waals surface area contributed by atoms with Crippen LogP contribution in [-0.2, 0) is 4.79 Å². The van der Waals surface area contributed by atoms with Crippen molar-refractivity contribution in [3.8, 4) is 0 Å². The Hall–Kier alpha value is -1.35. The quantitative estimate of drug-likeness (QED) is 0.831. The maximum Gasteiger partial charge on any atom is 0.236 e. The predicted molar refractivity (Wildman–Crippen MR) is 75.8 cm³/mol. The Morgan fingerprint density at radius 1 is 1.05 bits per heavy atom. The monoisotopic (exact) mass is 258 g/mol. The van der Waals surface area contributed by atoms with Crippen LogP contribution in [0.4, 0.5) is 0 Å². The molecule has 3 nitrogen and oxygen atoms in total. The van der Waals surface area contributed by atoms with E-state index in [2.05, 4.69) is 35.2 Å². The first kappa shape index (κ1) is 12.7. The third-order valence-corrected chi connectivity index (χ3v) is 4.35. The van der Waals surface area contributed by atoms with Crippen LogP contribution in [0.15, 0.2) is 30.3 Å². The van der Waals surface area contributed by atoms with Gasteiger partial charge in [0.1, 0.15) is 0 Å². The van der Waals surface area contributed by atoms with Gasteiger partial charge in [-0.15, -0.1) is 0 Å². The van der Waals surface area contributed by atoms with Crippen molar-refractivity contribution in [1.82, 2.24) is 9.80 Å². The molecule has 2 aliphatic rings. The number of carbonyl (C=O) groups is 1. The van der Waals surface area contributed by atoms with Crippen molar-refractivity contribution in [2.24, 2.45) is 0 Å². The molecule has 0 saturated carbocycles. The minimum Gasteiger partial charge on any atom is -0.342 e. The maximum atomic E-state index is 12.3. The van der Waals surface area contributed by atoms with Crippen molar-refractivity contribution in [2.75, 3.05) is 26.2 Å². The number of benzene rings is 1. The number of amides is 1.